The summed E-state index contributed by atoms with van der Waals surface area (Å²) < 4.78 is 24.8. The van der Waals surface area contributed by atoms with Gasteiger partial charge in [0.05, 0.1) is 16.3 Å². The van der Waals surface area contributed by atoms with Gasteiger partial charge >= 0.3 is 0 Å². The van der Waals surface area contributed by atoms with Gasteiger partial charge in [-0.15, -0.1) is 0 Å². The molecule has 0 spiro atoms. The molecular weight excluding hydrogens is 413 g/mol. The first-order valence-corrected chi connectivity index (χ1v) is 11.3. The van der Waals surface area contributed by atoms with Crippen molar-refractivity contribution in [2.75, 3.05) is 6.61 Å². The molecule has 0 saturated heterocycles. The quantitative estimate of drug-likeness (QED) is 0.492. The lowest BCUT2D eigenvalue weighted by molar-refractivity contribution is 0.103. The predicted molar refractivity (Wildman–Crippen MR) is 126 cm³/mol. The summed E-state index contributed by atoms with van der Waals surface area (Å²) in [5, 5.41) is 15.0. The third-order valence-corrected chi connectivity index (χ3v) is 5.59. The van der Waals surface area contributed by atoms with Crippen LogP contribution in [0.3, 0.4) is 0 Å². The number of allylic oxidation sites excluding steroid dienone is 2. The monoisotopic (exact) mass is 445 g/mol. The molecule has 0 aromatic heterocycles. The summed E-state index contributed by atoms with van der Waals surface area (Å²) in [5.74, 6) is -0.331. The molecule has 2 aromatic rings. The van der Waals surface area contributed by atoms with E-state index in [1.54, 1.807) is 42.5 Å². The Labute approximate surface area is 186 Å². The van der Waals surface area contributed by atoms with Crippen molar-refractivity contribution in [1.29, 1.82) is 0 Å². The van der Waals surface area contributed by atoms with E-state index < -0.39 is 11.0 Å². The van der Waals surface area contributed by atoms with Gasteiger partial charge in [-0.3, -0.25) is 0 Å². The summed E-state index contributed by atoms with van der Waals surface area (Å²) in [6.45, 7) is 8.39. The van der Waals surface area contributed by atoms with Crippen LogP contribution in [-0.4, -0.2) is 21.6 Å². The van der Waals surface area contributed by atoms with Gasteiger partial charge in [0.25, 0.3) is 0 Å². The summed E-state index contributed by atoms with van der Waals surface area (Å²) in [7, 11) is -1.56. The molecule has 31 heavy (non-hydrogen) atoms. The van der Waals surface area contributed by atoms with Gasteiger partial charge in [-0.25, -0.2) is 18.7 Å². The van der Waals surface area contributed by atoms with Gasteiger partial charge in [0.1, 0.15) is 16.8 Å². The van der Waals surface area contributed by atoms with Gasteiger partial charge in [-0.1, -0.05) is 27.7 Å². The Morgan fingerprint density at radius 1 is 1.06 bits per heavy atom. The first-order valence-electron chi connectivity index (χ1n) is 10.1. The Morgan fingerprint density at radius 2 is 1.65 bits per heavy atom. The maximum Gasteiger partial charge on any atom is 0.123 e. The van der Waals surface area contributed by atoms with Crippen molar-refractivity contribution in [3.63, 3.8) is 0 Å². The van der Waals surface area contributed by atoms with E-state index in [0.29, 0.717) is 28.4 Å². The summed E-state index contributed by atoms with van der Waals surface area (Å²) in [4.78, 5) is 5.18. The largest absolute Gasteiger partial charge is 0.402 e. The van der Waals surface area contributed by atoms with Crippen LogP contribution in [0.5, 0.6) is 0 Å². The van der Waals surface area contributed by atoms with Crippen LogP contribution in [0.2, 0.25) is 0 Å². The maximum atomic E-state index is 13.4. The van der Waals surface area contributed by atoms with Crippen LogP contribution < -0.4 is 10.9 Å². The third kappa shape index (κ3) is 8.01. The molecule has 0 amide bonds. The molecule has 0 aliphatic heterocycles. The Kier molecular flexibility index (Phi) is 8.28. The average molecular weight is 446 g/mol. The molecule has 2 aromatic carbocycles. The number of rotatable bonds is 9. The highest BCUT2D eigenvalue weighted by atomic mass is 32.2. The zero-order valence-electron chi connectivity index (χ0n) is 18.6. The first kappa shape index (κ1) is 24.9. The summed E-state index contributed by atoms with van der Waals surface area (Å²) in [6.07, 6.45) is 3.21. The number of aliphatic hydroxyl groups excluding tert-OH is 1. The first-order chi connectivity index (χ1) is 14.4. The van der Waals surface area contributed by atoms with Gasteiger partial charge in [-0.2, -0.15) is 0 Å². The van der Waals surface area contributed by atoms with Crippen LogP contribution in [0.4, 0.5) is 10.1 Å². The number of halogens is 1. The van der Waals surface area contributed by atoms with Crippen LogP contribution in [0.1, 0.15) is 46.1 Å². The number of aliphatic imine (C=N–C) groups is 1. The van der Waals surface area contributed by atoms with Crippen molar-refractivity contribution >= 4 is 22.4 Å². The van der Waals surface area contributed by atoms with Gasteiger partial charge in [-0.05, 0) is 78.3 Å². The average Bonchev–Trinajstić information content (AvgIpc) is 2.67. The van der Waals surface area contributed by atoms with E-state index in [0.717, 1.165) is 12.0 Å². The second kappa shape index (κ2) is 10.3. The number of benzene rings is 2. The second-order valence-electron chi connectivity index (χ2n) is 9.35. The smallest absolute Gasteiger partial charge is 0.123 e. The highest BCUT2D eigenvalue weighted by Crippen LogP contribution is 2.37. The molecule has 0 saturated carbocycles. The molecule has 5 N–H and O–H groups in total. The summed E-state index contributed by atoms with van der Waals surface area (Å²) >= 11 is 0. The van der Waals surface area contributed by atoms with Crippen molar-refractivity contribution in [3.8, 4) is 0 Å². The van der Waals surface area contributed by atoms with Gasteiger partial charge in [0.2, 0.25) is 0 Å². The predicted octanol–water partition coefficient (Wildman–Crippen LogP) is 4.60. The van der Waals surface area contributed by atoms with Crippen LogP contribution in [0, 0.1) is 16.6 Å². The molecule has 5 nitrogen and oxygen atoms in total. The van der Waals surface area contributed by atoms with Gasteiger partial charge in [0, 0.05) is 17.9 Å². The van der Waals surface area contributed by atoms with E-state index in [1.807, 2.05) is 13.8 Å². The SMILES string of the molecule is CC(C)(CO)CC(C)(C)C/C(N)=C/C(=Nc1ccc(S(N)=O)cc1)c1ccc(F)cc1. The molecule has 0 heterocycles. The lowest BCUT2D eigenvalue weighted by Crippen LogP contribution is -2.27. The lowest BCUT2D eigenvalue weighted by Gasteiger charge is -2.34. The fourth-order valence-electron chi connectivity index (χ4n) is 3.79. The van der Waals surface area contributed by atoms with Crippen LogP contribution in [-0.2, 0) is 11.0 Å². The molecule has 0 aliphatic rings. The van der Waals surface area contributed by atoms with E-state index in [-0.39, 0.29) is 23.3 Å². The van der Waals surface area contributed by atoms with E-state index in [1.165, 1.54) is 12.1 Å². The summed E-state index contributed by atoms with van der Waals surface area (Å²) in [5.41, 5.74) is 8.65. The topological polar surface area (TPSA) is 102 Å². The van der Waals surface area contributed by atoms with Gasteiger partial charge < -0.3 is 10.8 Å². The van der Waals surface area contributed by atoms with Crippen molar-refractivity contribution < 1.29 is 13.7 Å². The van der Waals surface area contributed by atoms with Crippen LogP contribution >= 0.6 is 0 Å². The van der Waals surface area contributed by atoms with Crippen LogP contribution in [0.25, 0.3) is 0 Å². The van der Waals surface area contributed by atoms with Crippen molar-refractivity contribution in [2.45, 2.75) is 45.4 Å². The van der Waals surface area contributed by atoms with Crippen molar-refractivity contribution in [2.24, 2.45) is 26.7 Å². The molecule has 1 atom stereocenters. The Morgan fingerprint density at radius 3 is 2.16 bits per heavy atom. The Balaban J connectivity index is 2.38. The minimum atomic E-state index is -1.56. The minimum absolute atomic E-state index is 0.103. The third-order valence-electron chi connectivity index (χ3n) is 4.85. The molecular formula is C24H32FN3O2S. The van der Waals surface area contributed by atoms with Crippen molar-refractivity contribution in [1.82, 2.24) is 0 Å². The minimum Gasteiger partial charge on any atom is -0.402 e. The number of aliphatic hydroxyl groups is 1. The highest BCUT2D eigenvalue weighted by molar-refractivity contribution is 7.82. The van der Waals surface area contributed by atoms with E-state index >= 15 is 0 Å². The Hall–Kier alpha value is -2.35. The standard InChI is InChI=1S/C24H32FN3O2S/c1-23(2,15-24(3,4)16-29)14-19(26)13-22(17-5-7-18(25)8-6-17)28-20-9-11-21(12-10-20)31(27)30/h5-13,29H,14-16,26-27H2,1-4H3/b19-13-,28-22?. The number of hydrogen-bond acceptors (Lipinski definition) is 4. The number of hydrogen-bond donors (Lipinski definition) is 3. The maximum absolute atomic E-state index is 13.4. The molecule has 7 heteroatoms. The number of nitrogens with zero attached hydrogens (tertiary/aromatic N) is 1. The van der Waals surface area contributed by atoms with E-state index in [4.69, 9.17) is 10.9 Å². The van der Waals surface area contributed by atoms with E-state index in [2.05, 4.69) is 18.8 Å². The Bertz CT molecular complexity index is 965. The second-order valence-corrected chi connectivity index (χ2v) is 10.4. The number of nitrogens with two attached hydrogens (primary N) is 2. The molecule has 0 aliphatic carbocycles. The normalized spacial score (nSPS) is 14.5. The summed E-state index contributed by atoms with van der Waals surface area (Å²) in [6, 6.07) is 12.8. The van der Waals surface area contributed by atoms with Crippen LogP contribution in [0.15, 0.2) is 70.2 Å². The molecule has 2 rings (SSSR count). The molecule has 0 fully saturated rings. The molecule has 168 valence electrons. The van der Waals surface area contributed by atoms with Gasteiger partial charge in [0.15, 0.2) is 0 Å². The van der Waals surface area contributed by atoms with Crippen molar-refractivity contribution in [3.05, 3.63) is 71.7 Å². The fraction of sp³-hybridized carbons (Fsp3) is 0.375. The van der Waals surface area contributed by atoms with E-state index in [9.17, 15) is 13.7 Å². The zero-order valence-corrected chi connectivity index (χ0v) is 19.4. The lowest BCUT2D eigenvalue weighted by atomic mass is 9.73. The highest BCUT2D eigenvalue weighted by Gasteiger charge is 2.28. The zero-order chi connectivity index (χ0) is 23.2. The molecule has 1 unspecified atom stereocenters. The molecule has 0 radical (unpaired) electrons. The fourth-order valence-corrected chi connectivity index (χ4v) is 4.19. The molecule has 0 bridgehead atoms.